The molecule has 0 aliphatic heterocycles. The molecule has 4 aromatic rings. The maximum atomic E-state index is 11.9. The van der Waals surface area contributed by atoms with Crippen LogP contribution in [0.2, 0.25) is 0 Å². The van der Waals surface area contributed by atoms with E-state index in [1.165, 1.54) is 19.2 Å². The minimum Gasteiger partial charge on any atom is -0.495 e. The Kier molecular flexibility index (Phi) is 3.63. The molecule has 0 radical (unpaired) electrons. The van der Waals surface area contributed by atoms with Gasteiger partial charge in [0.2, 0.25) is 10.0 Å². The van der Waals surface area contributed by atoms with Crippen LogP contribution in [-0.4, -0.2) is 35.3 Å². The second kappa shape index (κ2) is 5.75. The van der Waals surface area contributed by atoms with Gasteiger partial charge in [-0.25, -0.2) is 13.6 Å². The summed E-state index contributed by atoms with van der Waals surface area (Å²) in [5.74, 6) is 0.584. The molecule has 0 unspecified atom stereocenters. The van der Waals surface area contributed by atoms with Gasteiger partial charge in [0, 0.05) is 16.3 Å². The van der Waals surface area contributed by atoms with E-state index in [-0.39, 0.29) is 10.6 Å². The second-order valence-corrected chi connectivity index (χ2v) is 7.33. The zero-order chi connectivity index (χ0) is 18.5. The SMILES string of the molecule is COc1ccc(-c2nnc3c4ccccc4c(C)nn23)cc1S(N)(=O)=O. The zero-order valence-electron chi connectivity index (χ0n) is 14.0. The maximum Gasteiger partial charge on any atom is 0.241 e. The van der Waals surface area contributed by atoms with Crippen LogP contribution in [0.1, 0.15) is 5.69 Å². The smallest absolute Gasteiger partial charge is 0.241 e. The highest BCUT2D eigenvalue weighted by atomic mass is 32.2. The average molecular weight is 369 g/mol. The number of fused-ring (bicyclic) bond motifs is 3. The lowest BCUT2D eigenvalue weighted by Gasteiger charge is -2.09. The van der Waals surface area contributed by atoms with Gasteiger partial charge in [-0.15, -0.1) is 10.2 Å². The van der Waals surface area contributed by atoms with Gasteiger partial charge < -0.3 is 4.74 Å². The summed E-state index contributed by atoms with van der Waals surface area (Å²) in [6, 6.07) is 12.4. The predicted octanol–water partition coefficient (Wildman–Crippen LogP) is 1.91. The summed E-state index contributed by atoms with van der Waals surface area (Å²) >= 11 is 0. The minimum atomic E-state index is -3.96. The largest absolute Gasteiger partial charge is 0.495 e. The van der Waals surface area contributed by atoms with Crippen molar-refractivity contribution in [1.29, 1.82) is 0 Å². The van der Waals surface area contributed by atoms with Crippen molar-refractivity contribution in [2.24, 2.45) is 5.14 Å². The minimum absolute atomic E-state index is 0.119. The zero-order valence-corrected chi connectivity index (χ0v) is 14.9. The van der Waals surface area contributed by atoms with Crippen LogP contribution in [0.25, 0.3) is 27.8 Å². The molecule has 0 amide bonds. The molecule has 0 aliphatic carbocycles. The van der Waals surface area contributed by atoms with E-state index < -0.39 is 10.0 Å². The lowest BCUT2D eigenvalue weighted by atomic mass is 10.1. The third-order valence-corrected chi connectivity index (χ3v) is 5.11. The Morgan fingerprint density at radius 3 is 2.50 bits per heavy atom. The first-order valence-electron chi connectivity index (χ1n) is 7.72. The number of benzene rings is 2. The Hall–Kier alpha value is -3.04. The Morgan fingerprint density at radius 2 is 1.81 bits per heavy atom. The van der Waals surface area contributed by atoms with E-state index >= 15 is 0 Å². The summed E-state index contributed by atoms with van der Waals surface area (Å²) < 4.78 is 30.4. The van der Waals surface area contributed by atoms with E-state index in [0.717, 1.165) is 16.5 Å². The van der Waals surface area contributed by atoms with Crippen LogP contribution in [0.3, 0.4) is 0 Å². The van der Waals surface area contributed by atoms with Crippen LogP contribution >= 0.6 is 0 Å². The molecular formula is C17H15N5O3S. The fraction of sp³-hybridized carbons (Fsp3) is 0.118. The molecule has 4 rings (SSSR count). The molecule has 2 aromatic carbocycles. The summed E-state index contributed by atoms with van der Waals surface area (Å²) in [5.41, 5.74) is 1.92. The molecule has 9 heteroatoms. The van der Waals surface area contributed by atoms with Crippen molar-refractivity contribution in [2.75, 3.05) is 7.11 Å². The van der Waals surface area contributed by atoms with Crippen LogP contribution in [-0.2, 0) is 10.0 Å². The van der Waals surface area contributed by atoms with Crippen LogP contribution in [0.4, 0.5) is 0 Å². The lowest BCUT2D eigenvalue weighted by Crippen LogP contribution is -2.13. The number of hydrogen-bond donors (Lipinski definition) is 1. The van der Waals surface area contributed by atoms with Crippen molar-refractivity contribution in [2.45, 2.75) is 11.8 Å². The number of aromatic nitrogens is 4. The van der Waals surface area contributed by atoms with Gasteiger partial charge in [-0.1, -0.05) is 24.3 Å². The molecule has 132 valence electrons. The van der Waals surface area contributed by atoms with Crippen molar-refractivity contribution in [3.05, 3.63) is 48.2 Å². The van der Waals surface area contributed by atoms with Crippen molar-refractivity contribution in [3.8, 4) is 17.1 Å². The van der Waals surface area contributed by atoms with Crippen LogP contribution < -0.4 is 9.88 Å². The first kappa shape index (κ1) is 16.4. The van der Waals surface area contributed by atoms with Gasteiger partial charge in [0.1, 0.15) is 10.6 Å². The van der Waals surface area contributed by atoms with Gasteiger partial charge in [0.15, 0.2) is 11.5 Å². The molecule has 0 saturated carbocycles. The van der Waals surface area contributed by atoms with Crippen molar-refractivity contribution in [3.63, 3.8) is 0 Å². The summed E-state index contributed by atoms with van der Waals surface area (Å²) in [5, 5.41) is 20.2. The number of methoxy groups -OCH3 is 1. The van der Waals surface area contributed by atoms with Gasteiger partial charge >= 0.3 is 0 Å². The number of hydrogen-bond acceptors (Lipinski definition) is 6. The number of nitrogens with zero attached hydrogens (tertiary/aromatic N) is 4. The van der Waals surface area contributed by atoms with Crippen molar-refractivity contribution < 1.29 is 13.2 Å². The van der Waals surface area contributed by atoms with Gasteiger partial charge in [-0.05, 0) is 25.1 Å². The van der Waals surface area contributed by atoms with Crippen LogP contribution in [0, 0.1) is 6.92 Å². The van der Waals surface area contributed by atoms with Gasteiger partial charge in [0.25, 0.3) is 0 Å². The predicted molar refractivity (Wildman–Crippen MR) is 96.4 cm³/mol. The standard InChI is InChI=1S/C17H15N5O3S/c1-10-12-5-3-4-6-13(12)17-20-19-16(22(17)21-10)11-7-8-14(25-2)15(9-11)26(18,23)24/h3-9H,1-2H3,(H2,18,23,24). The molecule has 8 nitrogen and oxygen atoms in total. The number of ether oxygens (including phenoxy) is 1. The number of nitrogens with two attached hydrogens (primary N) is 1. The number of primary sulfonamides is 1. The summed E-state index contributed by atoms with van der Waals surface area (Å²) in [6.07, 6.45) is 0. The molecule has 0 atom stereocenters. The first-order chi connectivity index (χ1) is 12.4. The topological polar surface area (TPSA) is 112 Å². The van der Waals surface area contributed by atoms with Gasteiger partial charge in [-0.3, -0.25) is 0 Å². The van der Waals surface area contributed by atoms with E-state index in [1.54, 1.807) is 10.6 Å². The van der Waals surface area contributed by atoms with Crippen molar-refractivity contribution in [1.82, 2.24) is 19.8 Å². The monoisotopic (exact) mass is 369 g/mol. The van der Waals surface area contributed by atoms with Crippen LogP contribution in [0.5, 0.6) is 5.75 Å². The van der Waals surface area contributed by atoms with E-state index in [0.29, 0.717) is 17.0 Å². The summed E-state index contributed by atoms with van der Waals surface area (Å²) in [6.45, 7) is 1.90. The molecule has 0 spiro atoms. The molecule has 0 saturated heterocycles. The summed E-state index contributed by atoms with van der Waals surface area (Å²) in [4.78, 5) is -0.119. The highest BCUT2D eigenvalue weighted by Crippen LogP contribution is 2.30. The van der Waals surface area contributed by atoms with E-state index in [4.69, 9.17) is 9.88 Å². The first-order valence-corrected chi connectivity index (χ1v) is 9.27. The number of rotatable bonds is 3. The Balaban J connectivity index is 2.02. The normalized spacial score (nSPS) is 12.0. The average Bonchev–Trinajstić information content (AvgIpc) is 3.04. The molecule has 0 bridgehead atoms. The molecule has 2 aromatic heterocycles. The molecule has 2 N–H and O–H groups in total. The quantitative estimate of drug-likeness (QED) is 0.590. The summed E-state index contributed by atoms with van der Waals surface area (Å²) in [7, 11) is -2.58. The molecule has 26 heavy (non-hydrogen) atoms. The molecule has 0 fully saturated rings. The third kappa shape index (κ3) is 2.49. The Morgan fingerprint density at radius 1 is 1.08 bits per heavy atom. The Labute approximate surface area is 149 Å². The van der Waals surface area contributed by atoms with Crippen LogP contribution in [0.15, 0.2) is 47.4 Å². The fourth-order valence-corrected chi connectivity index (χ4v) is 3.68. The van der Waals surface area contributed by atoms with E-state index in [9.17, 15) is 8.42 Å². The van der Waals surface area contributed by atoms with Gasteiger partial charge in [0.05, 0.1) is 12.8 Å². The Bertz CT molecular complexity index is 1260. The third-order valence-electron chi connectivity index (χ3n) is 4.18. The molecule has 2 heterocycles. The number of aryl methyl sites for hydroxylation is 1. The van der Waals surface area contributed by atoms with E-state index in [2.05, 4.69) is 15.3 Å². The lowest BCUT2D eigenvalue weighted by molar-refractivity contribution is 0.403. The molecule has 0 aliphatic rings. The highest BCUT2D eigenvalue weighted by molar-refractivity contribution is 7.89. The van der Waals surface area contributed by atoms with Crippen molar-refractivity contribution >= 4 is 26.4 Å². The maximum absolute atomic E-state index is 11.9. The van der Waals surface area contributed by atoms with E-state index in [1.807, 2.05) is 31.2 Å². The fourth-order valence-electron chi connectivity index (χ4n) is 2.96. The molecular weight excluding hydrogens is 354 g/mol. The number of sulfonamides is 1. The van der Waals surface area contributed by atoms with Gasteiger partial charge in [-0.2, -0.15) is 9.61 Å². The highest BCUT2D eigenvalue weighted by Gasteiger charge is 2.19. The second-order valence-electron chi connectivity index (χ2n) is 5.80.